The Labute approximate surface area is 339 Å². The van der Waals surface area contributed by atoms with E-state index in [2.05, 4.69) is 19.6 Å². The van der Waals surface area contributed by atoms with Crippen molar-refractivity contribution < 1.29 is 4.92 Å². The van der Waals surface area contributed by atoms with Crippen LogP contribution in [0.3, 0.4) is 0 Å². The number of aromatic nitrogens is 4. The van der Waals surface area contributed by atoms with Crippen LogP contribution in [0.1, 0.15) is 0 Å². The Hall–Kier alpha value is -5.79. The Morgan fingerprint density at radius 3 is 1.48 bits per heavy atom. The second-order valence-corrected chi connectivity index (χ2v) is 15.7. The molecule has 8 rings (SSSR count). The molecule has 0 amide bonds. The van der Waals surface area contributed by atoms with Gasteiger partial charge in [-0.2, -0.15) is 0 Å². The summed E-state index contributed by atoms with van der Waals surface area (Å²) in [6.07, 6.45) is 0. The lowest BCUT2D eigenvalue weighted by Gasteiger charge is -2.37. The molecule has 0 unspecified atom stereocenters. The van der Waals surface area contributed by atoms with Gasteiger partial charge in [0.2, 0.25) is 0 Å². The number of benzene rings is 2. The second-order valence-electron chi connectivity index (χ2n) is 15.2. The van der Waals surface area contributed by atoms with E-state index in [-0.39, 0.29) is 19.0 Å². The van der Waals surface area contributed by atoms with Crippen molar-refractivity contribution in [3.63, 3.8) is 0 Å². The Bertz CT molecular complexity index is 2470. The Morgan fingerprint density at radius 1 is 0.586 bits per heavy atom. The van der Waals surface area contributed by atoms with Gasteiger partial charge in [0.25, 0.3) is 16.8 Å². The monoisotopic (exact) mass is 817 g/mol. The van der Waals surface area contributed by atoms with Crippen molar-refractivity contribution in [3.05, 3.63) is 105 Å². The highest BCUT2D eigenvalue weighted by atomic mass is 35.5. The minimum Gasteiger partial charge on any atom is -0.369 e. The van der Waals surface area contributed by atoms with Gasteiger partial charge in [0, 0.05) is 125 Å². The van der Waals surface area contributed by atoms with Gasteiger partial charge in [0.05, 0.1) is 15.6 Å². The van der Waals surface area contributed by atoms with Gasteiger partial charge in [-0.3, -0.25) is 47.8 Å². The molecule has 4 aliphatic rings. The van der Waals surface area contributed by atoms with E-state index in [0.29, 0.717) is 49.2 Å². The fourth-order valence-corrected chi connectivity index (χ4v) is 8.84. The molecule has 0 radical (unpaired) electrons. The smallest absolute Gasteiger partial charge is 0.332 e. The van der Waals surface area contributed by atoms with E-state index in [4.69, 9.17) is 11.6 Å². The molecule has 0 bridgehead atoms. The fourth-order valence-electron chi connectivity index (χ4n) is 8.58. The molecule has 2 aromatic heterocycles. The quantitative estimate of drug-likeness (QED) is 0.161. The summed E-state index contributed by atoms with van der Waals surface area (Å²) >= 11 is 6.49. The summed E-state index contributed by atoms with van der Waals surface area (Å²) in [7, 11) is 6.22. The molecule has 0 spiro atoms. The van der Waals surface area contributed by atoms with Crippen LogP contribution in [0.4, 0.5) is 40.1 Å². The SMILES string of the molecule is Cn1c2c(c(=O)n(C)c1=O)N(CCN1CCN(c3ccc([N+](=O)[O-])cc3)CC1)CN2N1CN(CCN2CCN(c3ccccc3Cl)CC2)c2c1n(C)c(=O)n(C)c2=O. The van der Waals surface area contributed by atoms with Crippen LogP contribution in [0.25, 0.3) is 0 Å². The summed E-state index contributed by atoms with van der Waals surface area (Å²) in [6.45, 7) is 8.95. The van der Waals surface area contributed by atoms with E-state index in [1.807, 2.05) is 44.1 Å². The lowest BCUT2D eigenvalue weighted by Crippen LogP contribution is -2.52. The van der Waals surface area contributed by atoms with Gasteiger partial charge in [-0.05, 0) is 24.3 Å². The maximum atomic E-state index is 13.9. The fraction of sp³-hybridized carbons (Fsp3) is 0.474. The van der Waals surface area contributed by atoms with E-state index < -0.39 is 27.4 Å². The van der Waals surface area contributed by atoms with Crippen molar-refractivity contribution in [3.8, 4) is 0 Å². The van der Waals surface area contributed by atoms with Crippen molar-refractivity contribution in [2.75, 3.05) is 121 Å². The average molecular weight is 818 g/mol. The zero-order valence-corrected chi connectivity index (χ0v) is 33.9. The predicted octanol–water partition coefficient (Wildman–Crippen LogP) is 0.470. The van der Waals surface area contributed by atoms with Crippen LogP contribution in [0, 0.1) is 10.1 Å². The first kappa shape index (κ1) is 39.1. The van der Waals surface area contributed by atoms with Crippen molar-refractivity contribution in [2.45, 2.75) is 0 Å². The zero-order chi connectivity index (χ0) is 41.0. The third kappa shape index (κ3) is 6.85. The van der Waals surface area contributed by atoms with E-state index in [1.165, 1.54) is 35.4 Å². The molecule has 4 aromatic rings. The van der Waals surface area contributed by atoms with Gasteiger partial charge in [0.15, 0.2) is 11.6 Å². The normalized spacial score (nSPS) is 17.4. The Morgan fingerprint density at radius 2 is 1.03 bits per heavy atom. The molecule has 2 fully saturated rings. The van der Waals surface area contributed by atoms with Crippen LogP contribution in [-0.4, -0.2) is 125 Å². The highest BCUT2D eigenvalue weighted by molar-refractivity contribution is 6.33. The number of non-ortho nitro benzene ring substituents is 1. The summed E-state index contributed by atoms with van der Waals surface area (Å²) < 4.78 is 5.15. The number of halogens is 1. The number of para-hydroxylation sites is 1. The number of piperazine rings is 2. The Kier molecular flexibility index (Phi) is 10.4. The van der Waals surface area contributed by atoms with Crippen LogP contribution in [0.2, 0.25) is 5.02 Å². The van der Waals surface area contributed by atoms with Crippen LogP contribution >= 0.6 is 11.6 Å². The van der Waals surface area contributed by atoms with Crippen molar-refractivity contribution in [1.29, 1.82) is 0 Å². The first-order chi connectivity index (χ1) is 27.8. The first-order valence-corrected chi connectivity index (χ1v) is 19.8. The lowest BCUT2D eigenvalue weighted by atomic mass is 10.2. The summed E-state index contributed by atoms with van der Waals surface area (Å²) in [5, 5.41) is 15.6. The number of fused-ring (bicyclic) bond motifs is 2. The molecule has 0 saturated carbocycles. The molecule has 0 aliphatic carbocycles. The van der Waals surface area contributed by atoms with Gasteiger partial charge < -0.3 is 19.6 Å². The van der Waals surface area contributed by atoms with E-state index in [0.717, 1.165) is 77.9 Å². The third-order valence-electron chi connectivity index (χ3n) is 12.0. The number of nitrogens with zero attached hydrogens (tertiary/aromatic N) is 13. The molecule has 0 atom stereocenters. The van der Waals surface area contributed by atoms with Crippen LogP contribution in [-0.2, 0) is 28.2 Å². The minimum atomic E-state index is -0.483. The maximum Gasteiger partial charge on any atom is 0.332 e. The number of anilines is 6. The highest BCUT2D eigenvalue weighted by Gasteiger charge is 2.43. The Balaban J connectivity index is 1.01. The number of hydrogen-bond acceptors (Lipinski definition) is 14. The third-order valence-corrected chi connectivity index (χ3v) is 12.3. The molecular weight excluding hydrogens is 770 g/mol. The molecule has 58 heavy (non-hydrogen) atoms. The lowest BCUT2D eigenvalue weighted by molar-refractivity contribution is -0.384. The molecule has 19 nitrogen and oxygen atoms in total. The summed E-state index contributed by atoms with van der Waals surface area (Å²) in [5.74, 6) is 0.799. The van der Waals surface area contributed by atoms with E-state index >= 15 is 0 Å². The summed E-state index contributed by atoms with van der Waals surface area (Å²) in [4.78, 5) is 78.6. The number of nitro benzene ring substituents is 1. The van der Waals surface area contributed by atoms with E-state index in [1.54, 1.807) is 26.2 Å². The summed E-state index contributed by atoms with van der Waals surface area (Å²) in [5.41, 5.74) is 0.970. The second kappa shape index (κ2) is 15.5. The largest absolute Gasteiger partial charge is 0.369 e. The van der Waals surface area contributed by atoms with Crippen LogP contribution < -0.4 is 52.1 Å². The molecule has 4 aliphatic heterocycles. The molecule has 6 heterocycles. The number of hydrogen-bond donors (Lipinski definition) is 0. The molecule has 0 N–H and O–H groups in total. The number of hydrazine groups is 1. The molecule has 2 saturated heterocycles. The van der Waals surface area contributed by atoms with Gasteiger partial charge in [-0.1, -0.05) is 23.7 Å². The summed E-state index contributed by atoms with van der Waals surface area (Å²) in [6, 6.07) is 14.4. The highest BCUT2D eigenvalue weighted by Crippen LogP contribution is 2.39. The van der Waals surface area contributed by atoms with Crippen molar-refractivity contribution in [2.24, 2.45) is 28.2 Å². The standard InChI is InChI=1S/C38H48ClN13O6/c1-40-33-31(35(53)42(3)37(40)55)48(23-17-44-13-19-46(20-14-44)27-9-11-28(12-10-27)52(57)58)25-50(33)51-26-49(32-34(51)41(2)38(56)43(4)36(32)54)24-18-45-15-21-47(22-16-45)30-8-6-5-7-29(30)39/h5-12H,13-26H2,1-4H3. The number of rotatable bonds is 10. The molecular formula is C38H48ClN13O6. The van der Waals surface area contributed by atoms with E-state index in [9.17, 15) is 29.3 Å². The average Bonchev–Trinajstić information content (AvgIpc) is 3.82. The number of nitro groups is 1. The molecule has 2 aromatic carbocycles. The van der Waals surface area contributed by atoms with Crippen LogP contribution in [0.15, 0.2) is 67.7 Å². The van der Waals surface area contributed by atoms with Gasteiger partial charge >= 0.3 is 11.4 Å². The van der Waals surface area contributed by atoms with Crippen molar-refractivity contribution >= 4 is 51.7 Å². The zero-order valence-electron chi connectivity index (χ0n) is 33.2. The molecule has 308 valence electrons. The maximum absolute atomic E-state index is 13.9. The van der Waals surface area contributed by atoms with Crippen molar-refractivity contribution in [1.82, 2.24) is 28.1 Å². The van der Waals surface area contributed by atoms with Gasteiger partial charge in [-0.15, -0.1) is 0 Å². The first-order valence-electron chi connectivity index (χ1n) is 19.4. The van der Waals surface area contributed by atoms with Gasteiger partial charge in [0.1, 0.15) is 24.7 Å². The predicted molar refractivity (Wildman–Crippen MR) is 225 cm³/mol. The topological polar surface area (TPSA) is 157 Å². The minimum absolute atomic E-state index is 0.0561. The van der Waals surface area contributed by atoms with Gasteiger partial charge in [-0.25, -0.2) is 19.6 Å². The van der Waals surface area contributed by atoms with Crippen LogP contribution in [0.5, 0.6) is 0 Å². The molecule has 20 heteroatoms.